The third-order valence-corrected chi connectivity index (χ3v) is 3.93. The van der Waals surface area contributed by atoms with Gasteiger partial charge in [0.05, 0.1) is 4.90 Å². The highest BCUT2D eigenvalue weighted by Crippen LogP contribution is 2.21. The lowest BCUT2D eigenvalue weighted by atomic mass is 10.2. The van der Waals surface area contributed by atoms with Gasteiger partial charge in [0.15, 0.2) is 0 Å². The predicted molar refractivity (Wildman–Crippen MR) is 68.2 cm³/mol. The molecule has 0 heterocycles. The van der Waals surface area contributed by atoms with Crippen LogP contribution in [0.2, 0.25) is 0 Å². The molecule has 0 aromatic heterocycles. The van der Waals surface area contributed by atoms with Crippen molar-refractivity contribution >= 4 is 32.3 Å². The number of halogens is 1. The highest BCUT2D eigenvalue weighted by molar-refractivity contribution is 9.10. The van der Waals surface area contributed by atoms with Crippen LogP contribution in [0.25, 0.3) is 0 Å². The molecule has 16 heavy (non-hydrogen) atoms. The minimum atomic E-state index is -3.60. The Labute approximate surface area is 104 Å². The molecule has 0 amide bonds. The maximum Gasteiger partial charge on any atom is 0.283 e. The van der Waals surface area contributed by atoms with Crippen LogP contribution in [0.5, 0.6) is 0 Å². The molecule has 0 spiro atoms. The summed E-state index contributed by atoms with van der Waals surface area (Å²) in [5.41, 5.74) is 0.982. The van der Waals surface area contributed by atoms with E-state index in [1.165, 1.54) is 6.34 Å². The highest BCUT2D eigenvalue weighted by Gasteiger charge is 2.12. The molecule has 0 N–H and O–H groups in total. The fraction of sp³-hybridized carbons (Fsp3) is 0.300. The smallest absolute Gasteiger partial charge is 0.283 e. The molecule has 1 aromatic carbocycles. The second-order valence-corrected chi connectivity index (χ2v) is 6.06. The van der Waals surface area contributed by atoms with Crippen LogP contribution in [0.3, 0.4) is 0 Å². The zero-order chi connectivity index (χ0) is 12.3. The van der Waals surface area contributed by atoms with Crippen molar-refractivity contribution in [2.24, 2.45) is 4.40 Å². The van der Waals surface area contributed by atoms with Crippen molar-refractivity contribution in [3.8, 4) is 0 Å². The predicted octanol–water partition coefficient (Wildman–Crippen LogP) is 2.04. The average molecular weight is 305 g/mol. The van der Waals surface area contributed by atoms with E-state index in [2.05, 4.69) is 20.3 Å². The number of nitrogens with zero attached hydrogens (tertiary/aromatic N) is 2. The first-order valence-corrected chi connectivity index (χ1v) is 6.79. The van der Waals surface area contributed by atoms with E-state index < -0.39 is 10.0 Å². The van der Waals surface area contributed by atoms with Crippen LogP contribution in [-0.2, 0) is 10.0 Å². The monoisotopic (exact) mass is 304 g/mol. The standard InChI is InChI=1S/C10H13BrN2O2S/c1-8-4-5-9(6-10(8)11)16(14,15)12-7-13(2)3/h4-7H,1-3H3. The van der Waals surface area contributed by atoms with Gasteiger partial charge in [-0.15, -0.1) is 4.40 Å². The van der Waals surface area contributed by atoms with Gasteiger partial charge in [-0.1, -0.05) is 22.0 Å². The molecule has 0 atom stereocenters. The van der Waals surface area contributed by atoms with Crippen molar-refractivity contribution in [2.75, 3.05) is 14.1 Å². The number of aryl methyl sites for hydroxylation is 1. The van der Waals surface area contributed by atoms with Crippen LogP contribution in [-0.4, -0.2) is 33.8 Å². The fourth-order valence-corrected chi connectivity index (χ4v) is 2.42. The van der Waals surface area contributed by atoms with Crippen LogP contribution in [0.15, 0.2) is 32.0 Å². The minimum absolute atomic E-state index is 0.183. The topological polar surface area (TPSA) is 49.7 Å². The largest absolute Gasteiger partial charge is 0.368 e. The Balaban J connectivity index is 3.13. The molecule has 0 aliphatic carbocycles. The second-order valence-electron chi connectivity index (χ2n) is 3.57. The number of benzene rings is 1. The first-order chi connectivity index (χ1) is 7.33. The zero-order valence-electron chi connectivity index (χ0n) is 9.31. The van der Waals surface area contributed by atoms with Crippen molar-refractivity contribution in [3.63, 3.8) is 0 Å². The van der Waals surface area contributed by atoms with Gasteiger partial charge in [-0.3, -0.25) is 0 Å². The Morgan fingerprint density at radius 2 is 2.00 bits per heavy atom. The van der Waals surface area contributed by atoms with E-state index in [1.807, 2.05) is 6.92 Å². The molecule has 0 aliphatic rings. The number of hydrogen-bond acceptors (Lipinski definition) is 2. The summed E-state index contributed by atoms with van der Waals surface area (Å²) in [6.07, 6.45) is 1.27. The first-order valence-electron chi connectivity index (χ1n) is 4.56. The molecule has 6 heteroatoms. The SMILES string of the molecule is Cc1ccc(S(=O)(=O)N=CN(C)C)cc1Br. The van der Waals surface area contributed by atoms with Gasteiger partial charge >= 0.3 is 0 Å². The summed E-state index contributed by atoms with van der Waals surface area (Å²) < 4.78 is 27.8. The highest BCUT2D eigenvalue weighted by atomic mass is 79.9. The summed E-state index contributed by atoms with van der Waals surface area (Å²) in [6, 6.07) is 4.84. The molecule has 1 aromatic rings. The Bertz CT molecular complexity index is 510. The van der Waals surface area contributed by atoms with Gasteiger partial charge < -0.3 is 4.90 Å². The van der Waals surface area contributed by atoms with Gasteiger partial charge in [0.1, 0.15) is 6.34 Å². The summed E-state index contributed by atoms with van der Waals surface area (Å²) in [6.45, 7) is 1.89. The van der Waals surface area contributed by atoms with Crippen LogP contribution in [0, 0.1) is 6.92 Å². The van der Waals surface area contributed by atoms with Crippen molar-refractivity contribution in [2.45, 2.75) is 11.8 Å². The van der Waals surface area contributed by atoms with Gasteiger partial charge in [0.2, 0.25) is 0 Å². The van der Waals surface area contributed by atoms with Crippen molar-refractivity contribution in [1.29, 1.82) is 0 Å². The maximum absolute atomic E-state index is 11.8. The third kappa shape index (κ3) is 3.31. The second kappa shape index (κ2) is 4.97. The Kier molecular flexibility index (Phi) is 4.09. The van der Waals surface area contributed by atoms with Crippen LogP contribution in [0.1, 0.15) is 5.56 Å². The molecule has 0 aliphatic heterocycles. The molecule has 0 saturated heterocycles. The zero-order valence-corrected chi connectivity index (χ0v) is 11.7. The van der Waals surface area contributed by atoms with Crippen LogP contribution in [0.4, 0.5) is 0 Å². The van der Waals surface area contributed by atoms with E-state index in [4.69, 9.17) is 0 Å². The Hall–Kier alpha value is -0.880. The molecular formula is C10H13BrN2O2S. The van der Waals surface area contributed by atoms with E-state index in [-0.39, 0.29) is 4.90 Å². The lowest BCUT2D eigenvalue weighted by Crippen LogP contribution is -2.10. The molecule has 0 fully saturated rings. The third-order valence-electron chi connectivity index (χ3n) is 1.86. The van der Waals surface area contributed by atoms with Gasteiger partial charge in [-0.05, 0) is 24.6 Å². The lowest BCUT2D eigenvalue weighted by molar-refractivity contribution is 0.594. The van der Waals surface area contributed by atoms with Crippen LogP contribution < -0.4 is 0 Å². The molecule has 0 unspecified atom stereocenters. The number of hydrogen-bond donors (Lipinski definition) is 0. The molecule has 0 radical (unpaired) electrons. The van der Waals surface area contributed by atoms with Crippen LogP contribution >= 0.6 is 15.9 Å². The maximum atomic E-state index is 11.8. The number of rotatable bonds is 3. The van der Waals surface area contributed by atoms with Crippen molar-refractivity contribution in [3.05, 3.63) is 28.2 Å². The van der Waals surface area contributed by atoms with E-state index in [9.17, 15) is 8.42 Å². The fourth-order valence-electron chi connectivity index (χ4n) is 0.951. The molecule has 1 rings (SSSR count). The van der Waals surface area contributed by atoms with Gasteiger partial charge in [-0.25, -0.2) is 0 Å². The van der Waals surface area contributed by atoms with Crippen molar-refractivity contribution in [1.82, 2.24) is 4.90 Å². The normalized spacial score (nSPS) is 12.0. The average Bonchev–Trinajstić information content (AvgIpc) is 2.19. The summed E-state index contributed by atoms with van der Waals surface area (Å²) in [5, 5.41) is 0. The van der Waals surface area contributed by atoms with Crippen molar-refractivity contribution < 1.29 is 8.42 Å². The molecule has 88 valence electrons. The summed E-state index contributed by atoms with van der Waals surface area (Å²) >= 11 is 3.29. The first kappa shape index (κ1) is 13.2. The van der Waals surface area contributed by atoms with E-state index >= 15 is 0 Å². The van der Waals surface area contributed by atoms with E-state index in [0.29, 0.717) is 0 Å². The quantitative estimate of drug-likeness (QED) is 0.634. The Morgan fingerprint density at radius 3 is 2.50 bits per heavy atom. The number of sulfonamides is 1. The molecule has 0 bridgehead atoms. The molecular weight excluding hydrogens is 292 g/mol. The molecule has 0 saturated carbocycles. The van der Waals surface area contributed by atoms with Gasteiger partial charge in [-0.2, -0.15) is 8.42 Å². The Morgan fingerprint density at radius 1 is 1.38 bits per heavy atom. The summed E-state index contributed by atoms with van der Waals surface area (Å²) in [4.78, 5) is 1.75. The summed E-state index contributed by atoms with van der Waals surface area (Å²) in [7, 11) is -0.172. The van der Waals surface area contributed by atoms with Gasteiger partial charge in [0, 0.05) is 18.6 Å². The minimum Gasteiger partial charge on any atom is -0.368 e. The van der Waals surface area contributed by atoms with Gasteiger partial charge in [0.25, 0.3) is 10.0 Å². The molecule has 4 nitrogen and oxygen atoms in total. The van der Waals surface area contributed by atoms with E-state index in [1.54, 1.807) is 37.2 Å². The summed E-state index contributed by atoms with van der Waals surface area (Å²) in [5.74, 6) is 0. The lowest BCUT2D eigenvalue weighted by Gasteiger charge is -2.04. The van der Waals surface area contributed by atoms with E-state index in [0.717, 1.165) is 10.0 Å².